The van der Waals surface area contributed by atoms with Gasteiger partial charge in [-0.15, -0.1) is 23.1 Å². The minimum Gasteiger partial charge on any atom is -0.497 e. The van der Waals surface area contributed by atoms with Crippen molar-refractivity contribution in [1.82, 2.24) is 9.55 Å². The van der Waals surface area contributed by atoms with Crippen molar-refractivity contribution in [3.63, 3.8) is 0 Å². The number of rotatable bonds is 6. The molecule has 1 aliphatic rings. The van der Waals surface area contributed by atoms with E-state index in [4.69, 9.17) is 9.72 Å². The molecule has 0 saturated heterocycles. The molecule has 186 valence electrons. The summed E-state index contributed by atoms with van der Waals surface area (Å²) < 4.78 is 6.92. The quantitative estimate of drug-likeness (QED) is 0.238. The Labute approximate surface area is 222 Å². The maximum Gasteiger partial charge on any atom is 0.267 e. The van der Waals surface area contributed by atoms with Crippen molar-refractivity contribution < 1.29 is 9.53 Å². The van der Waals surface area contributed by atoms with E-state index in [0.29, 0.717) is 10.8 Å². The summed E-state index contributed by atoms with van der Waals surface area (Å²) in [4.78, 5) is 33.7. The Morgan fingerprint density at radius 2 is 2.00 bits per heavy atom. The average molecular weight is 538 g/mol. The number of hydrogen-bond acceptors (Lipinski definition) is 7. The lowest BCUT2D eigenvalue weighted by Crippen LogP contribution is -2.26. The Hall–Kier alpha value is -2.75. The summed E-state index contributed by atoms with van der Waals surface area (Å²) >= 11 is 4.80. The Balaban J connectivity index is 1.51. The molecule has 3 heterocycles. The molecule has 0 fully saturated rings. The van der Waals surface area contributed by atoms with Gasteiger partial charge in [-0.25, -0.2) is 4.98 Å². The van der Waals surface area contributed by atoms with Gasteiger partial charge in [0.05, 0.1) is 23.9 Å². The van der Waals surface area contributed by atoms with Gasteiger partial charge in [0.15, 0.2) is 5.16 Å². The molecule has 0 spiro atoms. The van der Waals surface area contributed by atoms with Gasteiger partial charge in [0.25, 0.3) is 5.56 Å². The number of thiophene rings is 1. The molecule has 0 radical (unpaired) electrons. The van der Waals surface area contributed by atoms with Gasteiger partial charge in [-0.05, 0) is 60.9 Å². The van der Waals surface area contributed by atoms with E-state index in [0.717, 1.165) is 45.0 Å². The lowest BCUT2D eigenvalue weighted by atomic mass is 10.00. The third-order valence-electron chi connectivity index (χ3n) is 6.04. The van der Waals surface area contributed by atoms with E-state index in [2.05, 4.69) is 19.2 Å². The van der Waals surface area contributed by atoms with Crippen LogP contribution >= 0.6 is 34.9 Å². The molecule has 0 unspecified atom stereocenters. The second kappa shape index (κ2) is 9.95. The standard InChI is InChI=1S/C27H27N3O3S3/c1-16-6-5-7-18(12-16)30-25(32)23-20-13-27(2,3)35-14-21(20)36-24(23)29-26(30)34-15-22(31)28-17-8-10-19(33-4)11-9-17/h5-12H,13-15H2,1-4H3,(H,28,31). The first-order valence-electron chi connectivity index (χ1n) is 11.6. The van der Waals surface area contributed by atoms with Gasteiger partial charge in [0.1, 0.15) is 10.6 Å². The first-order chi connectivity index (χ1) is 17.2. The molecule has 1 aliphatic heterocycles. The van der Waals surface area contributed by atoms with Gasteiger partial charge in [0, 0.05) is 21.1 Å². The predicted octanol–water partition coefficient (Wildman–Crippen LogP) is 6.06. The number of hydrogen-bond donors (Lipinski definition) is 1. The highest BCUT2D eigenvalue weighted by molar-refractivity contribution is 8.00. The monoisotopic (exact) mass is 537 g/mol. The summed E-state index contributed by atoms with van der Waals surface area (Å²) in [5, 5.41) is 4.14. The van der Waals surface area contributed by atoms with Gasteiger partial charge in [0.2, 0.25) is 5.91 Å². The number of nitrogens with zero attached hydrogens (tertiary/aromatic N) is 2. The molecule has 0 atom stereocenters. The fourth-order valence-electron chi connectivity index (χ4n) is 4.27. The maximum atomic E-state index is 14.0. The first-order valence-corrected chi connectivity index (χ1v) is 14.4. The van der Waals surface area contributed by atoms with Crippen LogP contribution in [0, 0.1) is 6.92 Å². The molecular formula is C27H27N3O3S3. The minimum absolute atomic E-state index is 0.0659. The minimum atomic E-state index is -0.168. The molecule has 0 bridgehead atoms. The van der Waals surface area contributed by atoms with E-state index >= 15 is 0 Å². The van der Waals surface area contributed by atoms with Crippen molar-refractivity contribution in [3.8, 4) is 11.4 Å². The Kier molecular flexibility index (Phi) is 6.89. The second-order valence-electron chi connectivity index (χ2n) is 9.35. The second-order valence-corrected chi connectivity index (χ2v) is 13.1. The van der Waals surface area contributed by atoms with Crippen molar-refractivity contribution in [1.29, 1.82) is 0 Å². The van der Waals surface area contributed by atoms with Crippen LogP contribution in [0.2, 0.25) is 0 Å². The molecule has 2 aromatic heterocycles. The van der Waals surface area contributed by atoms with Crippen molar-refractivity contribution >= 4 is 56.7 Å². The van der Waals surface area contributed by atoms with Crippen LogP contribution < -0.4 is 15.6 Å². The molecule has 1 amide bonds. The average Bonchev–Trinajstić information content (AvgIpc) is 3.20. The summed E-state index contributed by atoms with van der Waals surface area (Å²) in [6.45, 7) is 6.45. The molecule has 1 N–H and O–H groups in total. The normalized spacial score (nSPS) is 14.4. The lowest BCUT2D eigenvalue weighted by Gasteiger charge is -2.28. The summed E-state index contributed by atoms with van der Waals surface area (Å²) in [6.07, 6.45) is 0.842. The smallest absolute Gasteiger partial charge is 0.267 e. The highest BCUT2D eigenvalue weighted by Crippen LogP contribution is 2.44. The number of aromatic nitrogens is 2. The Bertz CT molecular complexity index is 1510. The molecule has 5 rings (SSSR count). The van der Waals surface area contributed by atoms with Crippen LogP contribution in [0.4, 0.5) is 5.69 Å². The number of nitrogens with one attached hydrogen (secondary N) is 1. The summed E-state index contributed by atoms with van der Waals surface area (Å²) in [6, 6.07) is 15.0. The van der Waals surface area contributed by atoms with Crippen LogP contribution in [0.1, 0.15) is 29.9 Å². The number of methoxy groups -OCH3 is 1. The van der Waals surface area contributed by atoms with Crippen molar-refractivity contribution in [3.05, 3.63) is 74.9 Å². The highest BCUT2D eigenvalue weighted by atomic mass is 32.2. The third-order valence-corrected chi connectivity index (χ3v) is 9.65. The van der Waals surface area contributed by atoms with Crippen LogP contribution in [0.5, 0.6) is 5.75 Å². The van der Waals surface area contributed by atoms with Crippen molar-refractivity contribution in [2.75, 3.05) is 18.2 Å². The van der Waals surface area contributed by atoms with E-state index in [1.54, 1.807) is 47.3 Å². The summed E-state index contributed by atoms with van der Waals surface area (Å²) in [7, 11) is 1.60. The number of ether oxygens (including phenoxy) is 1. The molecule has 4 aromatic rings. The zero-order valence-corrected chi connectivity index (χ0v) is 23.0. The van der Waals surface area contributed by atoms with Crippen molar-refractivity contribution in [2.24, 2.45) is 0 Å². The Morgan fingerprint density at radius 1 is 1.22 bits per heavy atom. The topological polar surface area (TPSA) is 73.2 Å². The zero-order valence-electron chi connectivity index (χ0n) is 20.6. The predicted molar refractivity (Wildman–Crippen MR) is 151 cm³/mol. The SMILES string of the molecule is COc1ccc(NC(=O)CSc2nc3sc4c(c3c(=O)n2-c2cccc(C)c2)CC(C)(C)SC4)cc1. The molecule has 0 aliphatic carbocycles. The third kappa shape index (κ3) is 5.05. The van der Waals surface area contributed by atoms with Gasteiger partial charge in [-0.3, -0.25) is 14.2 Å². The molecule has 36 heavy (non-hydrogen) atoms. The van der Waals surface area contributed by atoms with Gasteiger partial charge < -0.3 is 10.1 Å². The fourth-order valence-corrected chi connectivity index (χ4v) is 7.46. The lowest BCUT2D eigenvalue weighted by molar-refractivity contribution is -0.113. The number of aryl methyl sites for hydroxylation is 1. The van der Waals surface area contributed by atoms with Crippen LogP contribution in [-0.2, 0) is 17.0 Å². The van der Waals surface area contributed by atoms with E-state index in [1.807, 2.05) is 43.0 Å². The number of carbonyl (C=O) groups excluding carboxylic acids is 1. The van der Waals surface area contributed by atoms with Gasteiger partial charge in [-0.2, -0.15) is 0 Å². The molecule has 0 saturated carbocycles. The number of fused-ring (bicyclic) bond motifs is 3. The number of thioether (sulfide) groups is 2. The number of benzene rings is 2. The van der Waals surface area contributed by atoms with Crippen LogP contribution in [-0.4, -0.2) is 33.1 Å². The fraction of sp³-hybridized carbons (Fsp3) is 0.296. The molecular weight excluding hydrogens is 511 g/mol. The number of amides is 1. The van der Waals surface area contributed by atoms with Crippen molar-refractivity contribution in [2.45, 2.75) is 42.8 Å². The summed E-state index contributed by atoms with van der Waals surface area (Å²) in [5.74, 6) is 1.57. The van der Waals surface area contributed by atoms with Crippen LogP contribution in [0.3, 0.4) is 0 Å². The highest BCUT2D eigenvalue weighted by Gasteiger charge is 2.31. The maximum absolute atomic E-state index is 14.0. The number of carbonyl (C=O) groups is 1. The molecule has 6 nitrogen and oxygen atoms in total. The molecule has 2 aromatic carbocycles. The van der Waals surface area contributed by atoms with E-state index in [1.165, 1.54) is 16.6 Å². The number of anilines is 1. The zero-order chi connectivity index (χ0) is 25.4. The molecule has 9 heteroatoms. The van der Waals surface area contributed by atoms with Crippen LogP contribution in [0.15, 0.2) is 58.5 Å². The first kappa shape index (κ1) is 24.9. The van der Waals surface area contributed by atoms with Gasteiger partial charge >= 0.3 is 0 Å². The van der Waals surface area contributed by atoms with E-state index < -0.39 is 0 Å². The van der Waals surface area contributed by atoms with Crippen LogP contribution in [0.25, 0.3) is 15.9 Å². The Morgan fingerprint density at radius 3 is 2.72 bits per heavy atom. The summed E-state index contributed by atoms with van der Waals surface area (Å²) in [5.41, 5.74) is 3.57. The van der Waals surface area contributed by atoms with E-state index in [-0.39, 0.29) is 22.0 Å². The largest absolute Gasteiger partial charge is 0.497 e. The van der Waals surface area contributed by atoms with Gasteiger partial charge in [-0.1, -0.05) is 37.7 Å². The van der Waals surface area contributed by atoms with E-state index in [9.17, 15) is 9.59 Å².